The highest BCUT2D eigenvalue weighted by molar-refractivity contribution is 5.42. The minimum absolute atomic E-state index is 0.344. The molecule has 2 N–H and O–H groups in total. The summed E-state index contributed by atoms with van der Waals surface area (Å²) in [6, 6.07) is 3.51. The number of fused-ring (bicyclic) bond motifs is 1. The van der Waals surface area contributed by atoms with E-state index in [1.165, 1.54) is 4.52 Å². The molecule has 8 nitrogen and oxygen atoms in total. The Bertz CT molecular complexity index is 696. The van der Waals surface area contributed by atoms with E-state index in [0.29, 0.717) is 18.0 Å². The lowest BCUT2D eigenvalue weighted by Crippen LogP contribution is -2.15. The quantitative estimate of drug-likeness (QED) is 0.659. The van der Waals surface area contributed by atoms with Crippen LogP contribution in [0.5, 0.6) is 0 Å². The van der Waals surface area contributed by atoms with Gasteiger partial charge in [-0.3, -0.25) is 0 Å². The van der Waals surface area contributed by atoms with Crippen LogP contribution in [0.3, 0.4) is 0 Å². The number of aromatic nitrogens is 6. The number of imidazole rings is 1. The van der Waals surface area contributed by atoms with Gasteiger partial charge in [0, 0.05) is 25.5 Å². The molecule has 0 radical (unpaired) electrons. The Kier molecular flexibility index (Phi) is 2.52. The molecule has 0 aliphatic heterocycles. The lowest BCUT2D eigenvalue weighted by Gasteiger charge is -2.05. The van der Waals surface area contributed by atoms with Gasteiger partial charge >= 0.3 is 5.69 Å². The second-order valence-corrected chi connectivity index (χ2v) is 3.74. The van der Waals surface area contributed by atoms with E-state index >= 15 is 0 Å². The van der Waals surface area contributed by atoms with Crippen LogP contribution in [0.4, 0.5) is 5.82 Å². The van der Waals surface area contributed by atoms with Crippen molar-refractivity contribution in [3.8, 4) is 0 Å². The molecule has 0 amide bonds. The van der Waals surface area contributed by atoms with E-state index in [9.17, 15) is 4.79 Å². The standard InChI is InChI=1S/C10H11N7O/c18-10-14-13-9-2-1-8(15-17(9)10)12-4-6-16-5-3-11-7-16/h1-3,5,7H,4,6H2,(H,12,15)(H,14,18). The summed E-state index contributed by atoms with van der Waals surface area (Å²) in [5, 5.41) is 13.4. The molecule has 0 unspecified atom stereocenters. The summed E-state index contributed by atoms with van der Waals surface area (Å²) in [5.41, 5.74) is 0.156. The topological polar surface area (TPSA) is 92.9 Å². The lowest BCUT2D eigenvalue weighted by molar-refractivity contribution is 0.722. The molecular weight excluding hydrogens is 234 g/mol. The van der Waals surface area contributed by atoms with Crippen LogP contribution in [0.2, 0.25) is 0 Å². The van der Waals surface area contributed by atoms with Crippen LogP contribution in [0, 0.1) is 0 Å². The van der Waals surface area contributed by atoms with Gasteiger partial charge in [-0.2, -0.15) is 9.61 Å². The van der Waals surface area contributed by atoms with Gasteiger partial charge in [-0.05, 0) is 12.1 Å². The molecule has 3 heterocycles. The fraction of sp³-hybridized carbons (Fsp3) is 0.200. The fourth-order valence-electron chi connectivity index (χ4n) is 1.63. The summed E-state index contributed by atoms with van der Waals surface area (Å²) in [6.07, 6.45) is 5.37. The molecule has 8 heteroatoms. The van der Waals surface area contributed by atoms with Crippen molar-refractivity contribution in [3.05, 3.63) is 41.3 Å². The first kappa shape index (κ1) is 10.5. The number of hydrogen-bond donors (Lipinski definition) is 2. The van der Waals surface area contributed by atoms with Crippen molar-refractivity contribution in [1.29, 1.82) is 0 Å². The number of aromatic amines is 1. The molecule has 0 saturated heterocycles. The highest BCUT2D eigenvalue weighted by Gasteiger charge is 2.01. The average molecular weight is 245 g/mol. The highest BCUT2D eigenvalue weighted by atomic mass is 16.2. The van der Waals surface area contributed by atoms with E-state index in [4.69, 9.17) is 0 Å². The van der Waals surface area contributed by atoms with Crippen molar-refractivity contribution in [2.45, 2.75) is 6.54 Å². The Balaban J connectivity index is 1.70. The van der Waals surface area contributed by atoms with E-state index in [1.54, 1.807) is 24.7 Å². The zero-order valence-electron chi connectivity index (χ0n) is 9.45. The molecule has 0 aromatic carbocycles. The first-order valence-corrected chi connectivity index (χ1v) is 5.47. The van der Waals surface area contributed by atoms with Crippen molar-refractivity contribution < 1.29 is 0 Å². The van der Waals surface area contributed by atoms with Gasteiger partial charge in [0.05, 0.1) is 6.33 Å². The average Bonchev–Trinajstić information content (AvgIpc) is 3.01. The molecule has 0 atom stereocenters. The Morgan fingerprint density at radius 1 is 1.39 bits per heavy atom. The molecule has 0 fully saturated rings. The SMILES string of the molecule is O=c1[nH]nc2ccc(NCCn3ccnc3)nn12. The predicted octanol–water partition coefficient (Wildman–Crippen LogP) is -0.274. The number of nitrogens with one attached hydrogen (secondary N) is 2. The number of nitrogens with zero attached hydrogens (tertiary/aromatic N) is 5. The number of hydrogen-bond acceptors (Lipinski definition) is 5. The summed E-state index contributed by atoms with van der Waals surface area (Å²) < 4.78 is 3.18. The third kappa shape index (κ3) is 1.95. The summed E-state index contributed by atoms with van der Waals surface area (Å²) in [4.78, 5) is 15.3. The molecule has 0 aliphatic rings. The van der Waals surface area contributed by atoms with Gasteiger partial charge in [0.15, 0.2) is 5.65 Å². The molecular formula is C10H11N7O. The van der Waals surface area contributed by atoms with Crippen LogP contribution in [0.15, 0.2) is 35.6 Å². The van der Waals surface area contributed by atoms with E-state index < -0.39 is 0 Å². The summed E-state index contributed by atoms with van der Waals surface area (Å²) in [5.74, 6) is 0.631. The molecule has 3 aromatic heterocycles. The Hall–Kier alpha value is -2.64. The van der Waals surface area contributed by atoms with Gasteiger partial charge in [-0.1, -0.05) is 0 Å². The van der Waals surface area contributed by atoms with Crippen LogP contribution in [0.1, 0.15) is 0 Å². The monoisotopic (exact) mass is 245 g/mol. The van der Waals surface area contributed by atoms with Gasteiger partial charge in [-0.15, -0.1) is 5.10 Å². The molecule has 0 aliphatic carbocycles. The molecule has 18 heavy (non-hydrogen) atoms. The largest absolute Gasteiger partial charge is 0.367 e. The van der Waals surface area contributed by atoms with Gasteiger partial charge in [0.25, 0.3) is 0 Å². The number of rotatable bonds is 4. The Morgan fingerprint density at radius 2 is 2.33 bits per heavy atom. The van der Waals surface area contributed by atoms with Crippen LogP contribution in [-0.4, -0.2) is 35.9 Å². The van der Waals surface area contributed by atoms with Crippen molar-refractivity contribution in [3.63, 3.8) is 0 Å². The Labute approximate surface area is 101 Å². The van der Waals surface area contributed by atoms with Gasteiger partial charge in [-0.25, -0.2) is 14.9 Å². The first-order valence-electron chi connectivity index (χ1n) is 5.47. The maximum Gasteiger partial charge on any atom is 0.364 e. The van der Waals surface area contributed by atoms with Crippen molar-refractivity contribution >= 4 is 11.5 Å². The highest BCUT2D eigenvalue weighted by Crippen LogP contribution is 2.02. The summed E-state index contributed by atoms with van der Waals surface area (Å²) in [6.45, 7) is 1.47. The first-order chi connectivity index (χ1) is 8.83. The van der Waals surface area contributed by atoms with Crippen LogP contribution in [0.25, 0.3) is 5.65 Å². The molecule has 0 spiro atoms. The molecule has 3 rings (SSSR count). The summed E-state index contributed by atoms with van der Waals surface area (Å²) >= 11 is 0. The van der Waals surface area contributed by atoms with E-state index in [2.05, 4.69) is 25.6 Å². The lowest BCUT2D eigenvalue weighted by atomic mass is 10.5. The van der Waals surface area contributed by atoms with Gasteiger partial charge in [0.2, 0.25) is 0 Å². The minimum Gasteiger partial charge on any atom is -0.367 e. The van der Waals surface area contributed by atoms with E-state index in [-0.39, 0.29) is 5.69 Å². The fourth-order valence-corrected chi connectivity index (χ4v) is 1.63. The third-order valence-corrected chi connectivity index (χ3v) is 2.51. The van der Waals surface area contributed by atoms with Crippen molar-refractivity contribution in [2.24, 2.45) is 0 Å². The third-order valence-electron chi connectivity index (χ3n) is 2.51. The zero-order chi connectivity index (χ0) is 12.4. The molecule has 0 saturated carbocycles. The van der Waals surface area contributed by atoms with Crippen molar-refractivity contribution in [2.75, 3.05) is 11.9 Å². The smallest absolute Gasteiger partial charge is 0.364 e. The van der Waals surface area contributed by atoms with Crippen LogP contribution in [-0.2, 0) is 6.54 Å². The minimum atomic E-state index is -0.344. The van der Waals surface area contributed by atoms with Crippen LogP contribution >= 0.6 is 0 Å². The summed E-state index contributed by atoms with van der Waals surface area (Å²) in [7, 11) is 0. The maximum absolute atomic E-state index is 11.3. The van der Waals surface area contributed by atoms with Gasteiger partial charge < -0.3 is 9.88 Å². The van der Waals surface area contributed by atoms with Crippen molar-refractivity contribution in [1.82, 2.24) is 29.4 Å². The predicted molar refractivity (Wildman–Crippen MR) is 64.3 cm³/mol. The normalized spacial score (nSPS) is 10.9. The second-order valence-electron chi connectivity index (χ2n) is 3.74. The number of H-pyrrole nitrogens is 1. The Morgan fingerprint density at radius 3 is 3.17 bits per heavy atom. The second kappa shape index (κ2) is 4.32. The molecule has 3 aromatic rings. The molecule has 92 valence electrons. The maximum atomic E-state index is 11.3. The van der Waals surface area contributed by atoms with E-state index in [1.807, 2.05) is 10.8 Å². The zero-order valence-corrected chi connectivity index (χ0v) is 9.45. The van der Waals surface area contributed by atoms with Crippen LogP contribution < -0.4 is 11.0 Å². The van der Waals surface area contributed by atoms with E-state index in [0.717, 1.165) is 6.54 Å². The number of anilines is 1. The molecule has 0 bridgehead atoms. The van der Waals surface area contributed by atoms with Gasteiger partial charge in [0.1, 0.15) is 5.82 Å².